The smallest absolute Gasteiger partial charge is 0.323 e. The average Bonchev–Trinajstić information content (AvgIpc) is 2.91. The summed E-state index contributed by atoms with van der Waals surface area (Å²) in [5, 5.41) is 3.97. The number of amides is 1. The standard InChI is InChI=1S/C14H21N3O3S/c1-8-12(21-9(2)15-8)6-13(18)16-10-5-11(14(19)20-4)17(3)7-10/h10-11H,5-7H2,1-4H3,(H,16,18)/t10-,11+/m1/s1. The first-order valence-electron chi connectivity index (χ1n) is 6.91. The van der Waals surface area contributed by atoms with Gasteiger partial charge in [0.15, 0.2) is 0 Å². The van der Waals surface area contributed by atoms with E-state index in [0.29, 0.717) is 19.4 Å². The topological polar surface area (TPSA) is 71.5 Å². The van der Waals surface area contributed by atoms with Gasteiger partial charge in [0.1, 0.15) is 6.04 Å². The molecule has 2 rings (SSSR count). The normalized spacial score (nSPS) is 22.3. The van der Waals surface area contributed by atoms with Gasteiger partial charge in [0.05, 0.1) is 24.2 Å². The van der Waals surface area contributed by atoms with Gasteiger partial charge in [0.25, 0.3) is 0 Å². The second-order valence-corrected chi connectivity index (χ2v) is 6.68. The zero-order valence-corrected chi connectivity index (χ0v) is 13.6. The minimum absolute atomic E-state index is 0.0130. The van der Waals surface area contributed by atoms with Crippen molar-refractivity contribution in [1.29, 1.82) is 0 Å². The number of hydrogen-bond donors (Lipinski definition) is 1. The minimum Gasteiger partial charge on any atom is -0.468 e. The Bertz CT molecular complexity index is 544. The maximum atomic E-state index is 12.1. The predicted octanol–water partition coefficient (Wildman–Crippen LogP) is 0.664. The molecule has 1 aliphatic rings. The van der Waals surface area contributed by atoms with Crippen LogP contribution in [0.1, 0.15) is 22.0 Å². The molecule has 0 aliphatic carbocycles. The molecule has 1 aromatic rings. The first-order chi connectivity index (χ1) is 9.90. The van der Waals surface area contributed by atoms with Crippen molar-refractivity contribution in [3.63, 3.8) is 0 Å². The number of methoxy groups -OCH3 is 1. The number of rotatable bonds is 4. The lowest BCUT2D eigenvalue weighted by atomic mass is 10.1. The molecule has 1 aromatic heterocycles. The number of nitrogens with zero attached hydrogens (tertiary/aromatic N) is 2. The molecule has 0 saturated carbocycles. The molecule has 0 radical (unpaired) electrons. The highest BCUT2D eigenvalue weighted by atomic mass is 32.1. The molecule has 1 fully saturated rings. The van der Waals surface area contributed by atoms with Crippen molar-refractivity contribution in [1.82, 2.24) is 15.2 Å². The molecular formula is C14H21N3O3S. The highest BCUT2D eigenvalue weighted by Gasteiger charge is 2.35. The molecule has 1 amide bonds. The molecule has 0 aromatic carbocycles. The van der Waals surface area contributed by atoms with Crippen LogP contribution in [0.3, 0.4) is 0 Å². The second kappa shape index (κ2) is 6.53. The molecule has 0 bridgehead atoms. The zero-order chi connectivity index (χ0) is 15.6. The molecule has 1 aliphatic heterocycles. The molecule has 0 spiro atoms. The number of carbonyl (C=O) groups is 2. The van der Waals surface area contributed by atoms with Crippen LogP contribution in [0.4, 0.5) is 0 Å². The lowest BCUT2D eigenvalue weighted by Gasteiger charge is -2.15. The van der Waals surface area contributed by atoms with Crippen LogP contribution in [0, 0.1) is 13.8 Å². The van der Waals surface area contributed by atoms with Crippen molar-refractivity contribution >= 4 is 23.2 Å². The van der Waals surface area contributed by atoms with Gasteiger partial charge in [-0.05, 0) is 27.3 Å². The number of aromatic nitrogens is 1. The second-order valence-electron chi connectivity index (χ2n) is 5.40. The van der Waals surface area contributed by atoms with E-state index in [4.69, 9.17) is 4.74 Å². The number of ether oxygens (including phenoxy) is 1. The number of esters is 1. The van der Waals surface area contributed by atoms with Gasteiger partial charge >= 0.3 is 5.97 Å². The molecule has 0 unspecified atom stereocenters. The fourth-order valence-corrected chi connectivity index (χ4v) is 3.61. The molecule has 21 heavy (non-hydrogen) atoms. The lowest BCUT2D eigenvalue weighted by molar-refractivity contribution is -0.145. The Kier molecular flexibility index (Phi) is 4.95. The van der Waals surface area contributed by atoms with Crippen molar-refractivity contribution in [2.24, 2.45) is 0 Å². The van der Waals surface area contributed by atoms with E-state index in [1.54, 1.807) is 11.3 Å². The molecule has 2 atom stereocenters. The molecule has 2 heterocycles. The Hall–Kier alpha value is -1.47. The van der Waals surface area contributed by atoms with E-state index in [1.165, 1.54) is 7.11 Å². The van der Waals surface area contributed by atoms with Crippen LogP contribution < -0.4 is 5.32 Å². The van der Waals surface area contributed by atoms with Crippen molar-refractivity contribution in [3.05, 3.63) is 15.6 Å². The third kappa shape index (κ3) is 3.79. The van der Waals surface area contributed by atoms with Crippen molar-refractivity contribution < 1.29 is 14.3 Å². The summed E-state index contributed by atoms with van der Waals surface area (Å²) in [6.07, 6.45) is 0.941. The fourth-order valence-electron chi connectivity index (χ4n) is 2.68. The van der Waals surface area contributed by atoms with Gasteiger partial charge in [0.2, 0.25) is 5.91 Å². The maximum absolute atomic E-state index is 12.1. The van der Waals surface area contributed by atoms with Crippen LogP contribution in [0.2, 0.25) is 0 Å². The number of carbonyl (C=O) groups excluding carboxylic acids is 2. The van der Waals surface area contributed by atoms with Crippen molar-refractivity contribution in [3.8, 4) is 0 Å². The van der Waals surface area contributed by atoms with Gasteiger partial charge in [-0.3, -0.25) is 14.5 Å². The number of nitrogens with one attached hydrogen (secondary N) is 1. The molecule has 7 heteroatoms. The van der Waals surface area contributed by atoms with Crippen LogP contribution in [-0.2, 0) is 20.7 Å². The number of thiazole rings is 1. The van der Waals surface area contributed by atoms with Gasteiger partial charge in [-0.1, -0.05) is 0 Å². The lowest BCUT2D eigenvalue weighted by Crippen LogP contribution is -2.37. The van der Waals surface area contributed by atoms with E-state index in [2.05, 4.69) is 10.3 Å². The summed E-state index contributed by atoms with van der Waals surface area (Å²) in [5.74, 6) is -0.270. The highest BCUT2D eigenvalue weighted by molar-refractivity contribution is 7.11. The van der Waals surface area contributed by atoms with Crippen molar-refractivity contribution in [2.75, 3.05) is 20.7 Å². The van der Waals surface area contributed by atoms with E-state index < -0.39 is 0 Å². The summed E-state index contributed by atoms with van der Waals surface area (Å²) in [4.78, 5) is 31.0. The Morgan fingerprint density at radius 2 is 2.19 bits per heavy atom. The predicted molar refractivity (Wildman–Crippen MR) is 80.3 cm³/mol. The molecule has 1 N–H and O–H groups in total. The molecule has 6 nitrogen and oxygen atoms in total. The SMILES string of the molecule is COC(=O)[C@@H]1C[C@@H](NC(=O)Cc2sc(C)nc2C)CN1C. The van der Waals surface area contributed by atoms with E-state index in [1.807, 2.05) is 25.8 Å². The summed E-state index contributed by atoms with van der Waals surface area (Å²) in [5.41, 5.74) is 0.920. The maximum Gasteiger partial charge on any atom is 0.323 e. The number of aryl methyl sites for hydroxylation is 2. The van der Waals surface area contributed by atoms with E-state index >= 15 is 0 Å². The van der Waals surface area contributed by atoms with E-state index in [-0.39, 0.29) is 24.0 Å². The Labute approximate surface area is 128 Å². The number of hydrogen-bond acceptors (Lipinski definition) is 6. The number of likely N-dealkylation sites (N-methyl/N-ethyl adjacent to an activating group) is 1. The quantitative estimate of drug-likeness (QED) is 0.827. The van der Waals surface area contributed by atoms with E-state index in [0.717, 1.165) is 15.6 Å². The van der Waals surface area contributed by atoms with Crippen LogP contribution >= 0.6 is 11.3 Å². The van der Waals surface area contributed by atoms with Gasteiger partial charge in [-0.2, -0.15) is 0 Å². The van der Waals surface area contributed by atoms with Gasteiger partial charge < -0.3 is 10.1 Å². The minimum atomic E-state index is -0.271. The number of likely N-dealkylation sites (tertiary alicyclic amines) is 1. The first-order valence-corrected chi connectivity index (χ1v) is 7.72. The third-order valence-corrected chi connectivity index (χ3v) is 4.78. The van der Waals surface area contributed by atoms with Crippen LogP contribution in [0.25, 0.3) is 0 Å². The van der Waals surface area contributed by atoms with Gasteiger partial charge in [-0.15, -0.1) is 11.3 Å². The van der Waals surface area contributed by atoms with Gasteiger partial charge in [0, 0.05) is 17.5 Å². The third-order valence-electron chi connectivity index (χ3n) is 3.71. The van der Waals surface area contributed by atoms with Crippen LogP contribution in [-0.4, -0.2) is 54.5 Å². The molecular weight excluding hydrogens is 290 g/mol. The Balaban J connectivity index is 1.89. The van der Waals surface area contributed by atoms with Gasteiger partial charge in [-0.25, -0.2) is 4.98 Å². The summed E-state index contributed by atoms with van der Waals surface area (Å²) in [6.45, 7) is 4.51. The molecule has 1 saturated heterocycles. The average molecular weight is 311 g/mol. The summed E-state index contributed by atoms with van der Waals surface area (Å²) < 4.78 is 4.77. The zero-order valence-electron chi connectivity index (χ0n) is 12.8. The largest absolute Gasteiger partial charge is 0.468 e. The van der Waals surface area contributed by atoms with E-state index in [9.17, 15) is 9.59 Å². The Morgan fingerprint density at radius 3 is 2.76 bits per heavy atom. The summed E-state index contributed by atoms with van der Waals surface area (Å²) in [6, 6.07) is -0.284. The van der Waals surface area contributed by atoms with Crippen LogP contribution in [0.5, 0.6) is 0 Å². The first kappa shape index (κ1) is 15.9. The van der Waals surface area contributed by atoms with Crippen molar-refractivity contribution in [2.45, 2.75) is 38.8 Å². The monoisotopic (exact) mass is 311 g/mol. The summed E-state index contributed by atoms with van der Waals surface area (Å²) in [7, 11) is 3.25. The highest BCUT2D eigenvalue weighted by Crippen LogP contribution is 2.19. The summed E-state index contributed by atoms with van der Waals surface area (Å²) >= 11 is 1.55. The van der Waals surface area contributed by atoms with Crippen LogP contribution in [0.15, 0.2) is 0 Å². The Morgan fingerprint density at radius 1 is 1.48 bits per heavy atom. The fraction of sp³-hybridized carbons (Fsp3) is 0.643. The molecule has 116 valence electrons.